The minimum atomic E-state index is -0.0618. The summed E-state index contributed by atoms with van der Waals surface area (Å²) in [5.74, 6) is 0.720. The fraction of sp³-hybridized carbons (Fsp3) is 0.350. The van der Waals surface area contributed by atoms with Crippen molar-refractivity contribution in [3.63, 3.8) is 0 Å². The molecule has 128 valence electrons. The van der Waals surface area contributed by atoms with Gasteiger partial charge in [0.05, 0.1) is 13.0 Å². The number of hydrogen-bond acceptors (Lipinski definition) is 3. The molecule has 2 N–H and O–H groups in total. The van der Waals surface area contributed by atoms with Gasteiger partial charge in [-0.15, -0.1) is 0 Å². The Hall–Kier alpha value is -2.33. The maximum absolute atomic E-state index is 11.9. The molecule has 2 aromatic carbocycles. The van der Waals surface area contributed by atoms with Crippen LogP contribution in [0.2, 0.25) is 0 Å². The maximum Gasteiger partial charge on any atom is 0.223 e. The van der Waals surface area contributed by atoms with Crippen molar-refractivity contribution in [2.24, 2.45) is 5.92 Å². The molecule has 2 aromatic rings. The molecule has 1 atom stereocenters. The highest BCUT2D eigenvalue weighted by Gasteiger charge is 2.11. The molecule has 24 heavy (non-hydrogen) atoms. The van der Waals surface area contributed by atoms with Crippen molar-refractivity contribution in [2.75, 3.05) is 19.8 Å². The van der Waals surface area contributed by atoms with Crippen LogP contribution in [-0.2, 0) is 11.2 Å². The molecule has 0 radical (unpaired) electrons. The summed E-state index contributed by atoms with van der Waals surface area (Å²) < 4.78 is 5.51. The van der Waals surface area contributed by atoms with Crippen LogP contribution in [0.25, 0.3) is 0 Å². The number of carbonyl (C=O) groups is 1. The summed E-state index contributed by atoms with van der Waals surface area (Å²) in [5, 5.41) is 12.4. The Balaban J connectivity index is 1.68. The molecule has 4 nitrogen and oxygen atoms in total. The molecular formula is C20H25NO3. The summed E-state index contributed by atoms with van der Waals surface area (Å²) >= 11 is 0. The summed E-state index contributed by atoms with van der Waals surface area (Å²) in [6.07, 6.45) is 1.05. The van der Waals surface area contributed by atoms with E-state index in [4.69, 9.17) is 4.74 Å². The van der Waals surface area contributed by atoms with E-state index in [1.54, 1.807) is 0 Å². The van der Waals surface area contributed by atoms with Gasteiger partial charge in [0.25, 0.3) is 0 Å². The number of benzene rings is 2. The zero-order chi connectivity index (χ0) is 17.2. The summed E-state index contributed by atoms with van der Waals surface area (Å²) in [7, 11) is 0. The maximum atomic E-state index is 11.9. The average molecular weight is 327 g/mol. The number of carbonyl (C=O) groups excluding carboxylic acids is 1. The normalized spacial score (nSPS) is 11.8. The van der Waals surface area contributed by atoms with Crippen molar-refractivity contribution in [3.05, 3.63) is 65.7 Å². The summed E-state index contributed by atoms with van der Waals surface area (Å²) in [6, 6.07) is 17.7. The third-order valence-corrected chi connectivity index (χ3v) is 3.83. The molecule has 0 aliphatic carbocycles. The summed E-state index contributed by atoms with van der Waals surface area (Å²) in [4.78, 5) is 11.9. The number of rotatable bonds is 9. The predicted octanol–water partition coefficient (Wildman–Crippen LogP) is 2.73. The smallest absolute Gasteiger partial charge is 0.223 e. The third-order valence-electron chi connectivity index (χ3n) is 3.83. The second-order valence-corrected chi connectivity index (χ2v) is 5.95. The lowest BCUT2D eigenvalue weighted by molar-refractivity contribution is -0.121. The Morgan fingerprint density at radius 1 is 1.12 bits per heavy atom. The predicted molar refractivity (Wildman–Crippen MR) is 95.0 cm³/mol. The molecule has 0 aromatic heterocycles. The number of hydrogen-bond donors (Lipinski definition) is 2. The molecule has 0 heterocycles. The van der Waals surface area contributed by atoms with Gasteiger partial charge in [-0.1, -0.05) is 48.0 Å². The first kappa shape index (κ1) is 18.0. The van der Waals surface area contributed by atoms with E-state index in [9.17, 15) is 9.90 Å². The highest BCUT2D eigenvalue weighted by molar-refractivity contribution is 5.75. The molecule has 2 rings (SSSR count). The van der Waals surface area contributed by atoms with E-state index in [-0.39, 0.29) is 18.4 Å². The molecule has 4 heteroatoms. The molecule has 1 amide bonds. The van der Waals surface area contributed by atoms with Gasteiger partial charge < -0.3 is 15.2 Å². The largest absolute Gasteiger partial charge is 0.493 e. The Kier molecular flexibility index (Phi) is 7.30. The highest BCUT2D eigenvalue weighted by atomic mass is 16.5. The lowest BCUT2D eigenvalue weighted by Crippen LogP contribution is -2.32. The van der Waals surface area contributed by atoms with E-state index in [2.05, 4.69) is 29.6 Å². The first-order chi connectivity index (χ1) is 11.7. The standard InChI is InChI=1S/C20H25NO3/c1-16-7-9-17(10-8-16)13-18(15-22)14-21-20(23)11-12-24-19-5-3-2-4-6-19/h2-10,18,22H,11-15H2,1H3,(H,21,23). The zero-order valence-corrected chi connectivity index (χ0v) is 14.1. The molecule has 0 saturated heterocycles. The van der Waals surface area contributed by atoms with Gasteiger partial charge in [-0.2, -0.15) is 0 Å². The molecule has 0 fully saturated rings. The van der Waals surface area contributed by atoms with Gasteiger partial charge in [0.2, 0.25) is 5.91 Å². The van der Waals surface area contributed by atoms with Crippen LogP contribution in [0.5, 0.6) is 5.75 Å². The average Bonchev–Trinajstić information content (AvgIpc) is 2.61. The Bertz CT molecular complexity index is 611. The molecular weight excluding hydrogens is 302 g/mol. The van der Waals surface area contributed by atoms with Crippen LogP contribution in [0.15, 0.2) is 54.6 Å². The topological polar surface area (TPSA) is 58.6 Å². The van der Waals surface area contributed by atoms with E-state index in [1.807, 2.05) is 37.3 Å². The number of para-hydroxylation sites is 1. The third kappa shape index (κ3) is 6.42. The first-order valence-corrected chi connectivity index (χ1v) is 8.28. The van der Waals surface area contributed by atoms with E-state index in [0.29, 0.717) is 19.6 Å². The van der Waals surface area contributed by atoms with Crippen LogP contribution in [0.4, 0.5) is 0 Å². The number of aliphatic hydroxyl groups excluding tert-OH is 1. The number of aliphatic hydroxyl groups is 1. The zero-order valence-electron chi connectivity index (χ0n) is 14.1. The molecule has 0 aliphatic rings. The first-order valence-electron chi connectivity index (χ1n) is 8.28. The molecule has 0 saturated carbocycles. The number of ether oxygens (including phenoxy) is 1. The number of aryl methyl sites for hydroxylation is 1. The van der Waals surface area contributed by atoms with Crippen molar-refractivity contribution >= 4 is 5.91 Å². The molecule has 0 spiro atoms. The molecule has 1 unspecified atom stereocenters. The number of nitrogens with one attached hydrogen (secondary N) is 1. The molecule has 0 aliphatic heterocycles. The van der Waals surface area contributed by atoms with Crippen LogP contribution in [0, 0.1) is 12.8 Å². The van der Waals surface area contributed by atoms with Gasteiger partial charge in [-0.3, -0.25) is 4.79 Å². The Labute approximate surface area is 143 Å². The van der Waals surface area contributed by atoms with Gasteiger partial charge in [0.15, 0.2) is 0 Å². The van der Waals surface area contributed by atoms with Gasteiger partial charge in [-0.25, -0.2) is 0 Å². The van der Waals surface area contributed by atoms with Crippen molar-refractivity contribution in [2.45, 2.75) is 19.8 Å². The number of amides is 1. The van der Waals surface area contributed by atoms with Crippen LogP contribution in [-0.4, -0.2) is 30.8 Å². The van der Waals surface area contributed by atoms with Crippen molar-refractivity contribution in [1.29, 1.82) is 0 Å². The Morgan fingerprint density at radius 2 is 1.83 bits per heavy atom. The van der Waals surface area contributed by atoms with Crippen molar-refractivity contribution < 1.29 is 14.6 Å². The lowest BCUT2D eigenvalue weighted by Gasteiger charge is -2.15. The quantitative estimate of drug-likeness (QED) is 0.744. The fourth-order valence-electron chi connectivity index (χ4n) is 2.38. The second-order valence-electron chi connectivity index (χ2n) is 5.95. The van der Waals surface area contributed by atoms with Gasteiger partial charge in [0, 0.05) is 19.1 Å². The van der Waals surface area contributed by atoms with E-state index < -0.39 is 0 Å². The minimum absolute atomic E-state index is 0.0201. The van der Waals surface area contributed by atoms with Gasteiger partial charge >= 0.3 is 0 Å². The van der Waals surface area contributed by atoms with Crippen LogP contribution < -0.4 is 10.1 Å². The Morgan fingerprint density at radius 3 is 2.50 bits per heavy atom. The van der Waals surface area contributed by atoms with E-state index in [0.717, 1.165) is 12.2 Å². The van der Waals surface area contributed by atoms with Gasteiger partial charge in [-0.05, 0) is 31.0 Å². The summed E-state index contributed by atoms with van der Waals surface area (Å²) in [6.45, 7) is 2.91. The van der Waals surface area contributed by atoms with Crippen molar-refractivity contribution in [3.8, 4) is 5.75 Å². The highest BCUT2D eigenvalue weighted by Crippen LogP contribution is 2.10. The van der Waals surface area contributed by atoms with Crippen LogP contribution in [0.1, 0.15) is 17.5 Å². The monoisotopic (exact) mass is 327 g/mol. The molecule has 0 bridgehead atoms. The fourth-order valence-corrected chi connectivity index (χ4v) is 2.38. The second kappa shape index (κ2) is 9.73. The summed E-state index contributed by atoms with van der Waals surface area (Å²) in [5.41, 5.74) is 2.38. The minimum Gasteiger partial charge on any atom is -0.493 e. The lowest BCUT2D eigenvalue weighted by atomic mass is 9.99. The van der Waals surface area contributed by atoms with Gasteiger partial charge in [0.1, 0.15) is 5.75 Å². The van der Waals surface area contributed by atoms with Crippen molar-refractivity contribution in [1.82, 2.24) is 5.32 Å². The SMILES string of the molecule is Cc1ccc(CC(CO)CNC(=O)CCOc2ccccc2)cc1. The van der Waals surface area contributed by atoms with E-state index in [1.165, 1.54) is 11.1 Å². The van der Waals surface area contributed by atoms with Crippen LogP contribution in [0.3, 0.4) is 0 Å². The van der Waals surface area contributed by atoms with Crippen LogP contribution >= 0.6 is 0 Å². The van der Waals surface area contributed by atoms with E-state index >= 15 is 0 Å².